The molecule has 0 spiro atoms. The van der Waals surface area contributed by atoms with Gasteiger partial charge in [-0.1, -0.05) is 12.8 Å². The predicted molar refractivity (Wildman–Crippen MR) is 51.7 cm³/mol. The third-order valence-corrected chi connectivity index (χ3v) is 5.24. The van der Waals surface area contributed by atoms with E-state index in [1.807, 2.05) is 0 Å². The fraction of sp³-hybridized carbons (Fsp3) is 0.875. The van der Waals surface area contributed by atoms with E-state index in [-0.39, 0.29) is 6.54 Å². The highest BCUT2D eigenvalue weighted by molar-refractivity contribution is 7.93. The van der Waals surface area contributed by atoms with Crippen molar-refractivity contribution in [3.05, 3.63) is 0 Å². The van der Waals surface area contributed by atoms with Gasteiger partial charge in [-0.3, -0.25) is 4.79 Å². The highest BCUT2D eigenvalue weighted by atomic mass is 32.2. The third kappa shape index (κ3) is 2.06. The molecule has 1 atom stereocenters. The lowest BCUT2D eigenvalue weighted by Gasteiger charge is -2.16. The average Bonchev–Trinajstić information content (AvgIpc) is 2.55. The van der Waals surface area contributed by atoms with Crippen LogP contribution in [-0.4, -0.2) is 36.5 Å². The van der Waals surface area contributed by atoms with Crippen molar-refractivity contribution in [3.8, 4) is 0 Å². The first kappa shape index (κ1) is 11.5. The Labute approximate surface area is 83.2 Å². The van der Waals surface area contributed by atoms with Gasteiger partial charge in [-0.15, -0.1) is 0 Å². The van der Waals surface area contributed by atoms with E-state index in [1.54, 1.807) is 0 Å². The molecule has 3 N–H and O–H groups in total. The first-order chi connectivity index (χ1) is 6.50. The van der Waals surface area contributed by atoms with Crippen LogP contribution in [0.15, 0.2) is 0 Å². The minimum Gasteiger partial charge on any atom is -0.480 e. The van der Waals surface area contributed by atoms with Gasteiger partial charge >= 0.3 is 5.97 Å². The summed E-state index contributed by atoms with van der Waals surface area (Å²) in [4.78, 5) is 10.7. The molecule has 1 aliphatic rings. The van der Waals surface area contributed by atoms with Crippen LogP contribution >= 0.6 is 0 Å². The fourth-order valence-corrected chi connectivity index (χ4v) is 3.83. The van der Waals surface area contributed by atoms with Gasteiger partial charge in [-0.2, -0.15) is 0 Å². The molecule has 1 rings (SSSR count). The van der Waals surface area contributed by atoms with Gasteiger partial charge < -0.3 is 10.8 Å². The van der Waals surface area contributed by atoms with Gasteiger partial charge in [0.2, 0.25) is 0 Å². The zero-order chi connectivity index (χ0) is 10.8. The first-order valence-electron chi connectivity index (χ1n) is 4.65. The summed E-state index contributed by atoms with van der Waals surface area (Å²) in [5.41, 5.74) is 5.17. The number of carboxylic acids is 1. The van der Waals surface area contributed by atoms with Crippen LogP contribution in [0.1, 0.15) is 25.7 Å². The van der Waals surface area contributed by atoms with Crippen molar-refractivity contribution in [2.24, 2.45) is 5.73 Å². The third-order valence-electron chi connectivity index (χ3n) is 2.65. The quantitative estimate of drug-likeness (QED) is 0.682. The van der Waals surface area contributed by atoms with Crippen molar-refractivity contribution in [2.75, 3.05) is 6.54 Å². The number of hydrogen-bond donors (Lipinski definition) is 2. The van der Waals surface area contributed by atoms with Crippen LogP contribution in [0, 0.1) is 0 Å². The van der Waals surface area contributed by atoms with Crippen LogP contribution in [0.2, 0.25) is 0 Å². The molecular formula is C8H15NO4S. The van der Waals surface area contributed by atoms with E-state index < -0.39 is 26.3 Å². The summed E-state index contributed by atoms with van der Waals surface area (Å²) < 4.78 is 23.5. The smallest absolute Gasteiger partial charge is 0.323 e. The van der Waals surface area contributed by atoms with Crippen LogP contribution in [0.3, 0.4) is 0 Å². The van der Waals surface area contributed by atoms with E-state index in [4.69, 9.17) is 10.8 Å². The Morgan fingerprint density at radius 3 is 2.29 bits per heavy atom. The van der Waals surface area contributed by atoms with Crippen LogP contribution in [0.5, 0.6) is 0 Å². The Kier molecular flexibility index (Phi) is 3.49. The maximum atomic E-state index is 11.7. The molecule has 0 amide bonds. The number of nitrogens with two attached hydrogens (primary N) is 1. The van der Waals surface area contributed by atoms with Crippen molar-refractivity contribution in [2.45, 2.75) is 36.2 Å². The Morgan fingerprint density at radius 2 is 1.93 bits per heavy atom. The topological polar surface area (TPSA) is 97.5 Å². The molecule has 1 saturated carbocycles. The molecule has 6 heteroatoms. The molecule has 0 heterocycles. The number of hydrogen-bond acceptors (Lipinski definition) is 4. The standard InChI is InChI=1S/C8H15NO4S/c9-5-7(8(10)11)14(12,13)6-3-1-2-4-6/h6-7H,1-5,9H2,(H,10,11). The molecule has 0 aromatic heterocycles. The molecule has 5 nitrogen and oxygen atoms in total. The molecule has 0 bridgehead atoms. The van der Waals surface area contributed by atoms with Gasteiger partial charge in [-0.25, -0.2) is 8.42 Å². The van der Waals surface area contributed by atoms with Crippen molar-refractivity contribution in [3.63, 3.8) is 0 Å². The predicted octanol–water partition coefficient (Wildman–Crippen LogP) is -0.244. The normalized spacial score (nSPS) is 20.9. The van der Waals surface area contributed by atoms with Gasteiger partial charge in [0, 0.05) is 6.54 Å². The van der Waals surface area contributed by atoms with Crippen molar-refractivity contribution < 1.29 is 18.3 Å². The highest BCUT2D eigenvalue weighted by Gasteiger charge is 2.39. The molecule has 14 heavy (non-hydrogen) atoms. The van der Waals surface area contributed by atoms with Crippen LogP contribution in [0.25, 0.3) is 0 Å². The molecule has 0 radical (unpaired) electrons. The lowest BCUT2D eigenvalue weighted by molar-refractivity contribution is -0.136. The van der Waals surface area contributed by atoms with Gasteiger partial charge in [0.05, 0.1) is 5.25 Å². The summed E-state index contributed by atoms with van der Waals surface area (Å²) in [6.07, 6.45) is 2.87. The van der Waals surface area contributed by atoms with Crippen molar-refractivity contribution in [1.29, 1.82) is 0 Å². The van der Waals surface area contributed by atoms with E-state index >= 15 is 0 Å². The van der Waals surface area contributed by atoms with Crippen LogP contribution < -0.4 is 5.73 Å². The second-order valence-corrected chi connectivity index (χ2v) is 5.97. The van der Waals surface area contributed by atoms with Crippen LogP contribution in [-0.2, 0) is 14.6 Å². The second-order valence-electron chi connectivity index (χ2n) is 3.56. The molecule has 0 aliphatic heterocycles. The maximum Gasteiger partial charge on any atom is 0.323 e. The van der Waals surface area contributed by atoms with Gasteiger partial charge in [0.15, 0.2) is 15.1 Å². The van der Waals surface area contributed by atoms with Crippen LogP contribution in [0.4, 0.5) is 0 Å². The van der Waals surface area contributed by atoms with Gasteiger partial charge in [-0.05, 0) is 12.8 Å². The summed E-state index contributed by atoms with van der Waals surface area (Å²) in [5, 5.41) is 6.79. The summed E-state index contributed by atoms with van der Waals surface area (Å²) in [7, 11) is -3.57. The number of carboxylic acid groups (broad SMARTS) is 1. The number of sulfone groups is 1. The van der Waals surface area contributed by atoms with E-state index in [0.29, 0.717) is 12.8 Å². The molecule has 1 aliphatic carbocycles. The minimum atomic E-state index is -3.57. The monoisotopic (exact) mass is 221 g/mol. The Bertz CT molecular complexity index is 305. The molecule has 0 saturated heterocycles. The number of carbonyl (C=O) groups is 1. The fourth-order valence-electron chi connectivity index (χ4n) is 1.82. The van der Waals surface area contributed by atoms with E-state index in [2.05, 4.69) is 0 Å². The zero-order valence-corrected chi connectivity index (χ0v) is 8.66. The van der Waals surface area contributed by atoms with Crippen molar-refractivity contribution >= 4 is 15.8 Å². The highest BCUT2D eigenvalue weighted by Crippen LogP contribution is 2.27. The molecule has 1 fully saturated rings. The zero-order valence-electron chi connectivity index (χ0n) is 7.85. The largest absolute Gasteiger partial charge is 0.480 e. The Morgan fingerprint density at radius 1 is 1.43 bits per heavy atom. The molecule has 1 unspecified atom stereocenters. The summed E-state index contributed by atoms with van der Waals surface area (Å²) in [6.45, 7) is -0.339. The van der Waals surface area contributed by atoms with E-state index in [0.717, 1.165) is 12.8 Å². The lowest BCUT2D eigenvalue weighted by atomic mass is 10.4. The SMILES string of the molecule is NCC(C(=O)O)S(=O)(=O)C1CCCC1. The second kappa shape index (κ2) is 4.27. The molecule has 82 valence electrons. The lowest BCUT2D eigenvalue weighted by Crippen LogP contribution is -2.41. The van der Waals surface area contributed by atoms with Gasteiger partial charge in [0.25, 0.3) is 0 Å². The molecule has 0 aromatic carbocycles. The molecule has 0 aromatic rings. The maximum absolute atomic E-state index is 11.7. The Balaban J connectivity index is 2.86. The number of rotatable bonds is 4. The summed E-state index contributed by atoms with van der Waals surface area (Å²) in [6, 6.07) is 0. The number of aliphatic carboxylic acids is 1. The Hall–Kier alpha value is -0.620. The minimum absolute atomic E-state index is 0.339. The van der Waals surface area contributed by atoms with E-state index in [9.17, 15) is 13.2 Å². The summed E-state index contributed by atoms with van der Waals surface area (Å²) in [5.74, 6) is -1.33. The van der Waals surface area contributed by atoms with Gasteiger partial charge in [0.1, 0.15) is 0 Å². The summed E-state index contributed by atoms with van der Waals surface area (Å²) >= 11 is 0. The molecular weight excluding hydrogens is 206 g/mol. The van der Waals surface area contributed by atoms with E-state index in [1.165, 1.54) is 0 Å². The average molecular weight is 221 g/mol. The van der Waals surface area contributed by atoms with Crippen molar-refractivity contribution in [1.82, 2.24) is 0 Å². The first-order valence-corrected chi connectivity index (χ1v) is 6.26.